The van der Waals surface area contributed by atoms with Gasteiger partial charge in [0.2, 0.25) is 0 Å². The summed E-state index contributed by atoms with van der Waals surface area (Å²) in [6.45, 7) is 8.03. The smallest absolute Gasteiger partial charge is 0.339 e. The van der Waals surface area contributed by atoms with Crippen molar-refractivity contribution in [3.63, 3.8) is 0 Å². The van der Waals surface area contributed by atoms with Gasteiger partial charge in [0.05, 0.1) is 49.7 Å². The van der Waals surface area contributed by atoms with E-state index in [1.165, 1.54) is 5.56 Å². The molecule has 3 spiro atoms. The Kier molecular flexibility index (Phi) is 11.5. The van der Waals surface area contributed by atoms with E-state index in [9.17, 15) is 20.1 Å². The number of cyclic esters (lactones) is 2. The third-order valence-corrected chi connectivity index (χ3v) is 22.2. The van der Waals surface area contributed by atoms with Crippen molar-refractivity contribution < 1.29 is 53.1 Å². The van der Waals surface area contributed by atoms with Crippen molar-refractivity contribution >= 4 is 17.7 Å². The van der Waals surface area contributed by atoms with E-state index in [0.29, 0.717) is 67.2 Å². The molecule has 0 radical (unpaired) electrons. The zero-order valence-corrected chi connectivity index (χ0v) is 42.4. The molecule has 72 heavy (non-hydrogen) atoms. The molecule has 11 aliphatic rings. The van der Waals surface area contributed by atoms with Crippen LogP contribution in [0.15, 0.2) is 71.5 Å². The van der Waals surface area contributed by atoms with E-state index in [1.807, 2.05) is 12.1 Å². The molecule has 5 saturated heterocycles. The maximum absolute atomic E-state index is 16.3. The third kappa shape index (κ3) is 6.61. The molecule has 4 N–H and O–H groups in total. The van der Waals surface area contributed by atoms with E-state index in [1.54, 1.807) is 6.26 Å². The lowest BCUT2D eigenvalue weighted by molar-refractivity contribution is -0.276. The fourth-order valence-corrected chi connectivity index (χ4v) is 19.2. The predicted octanol–water partition coefficient (Wildman–Crippen LogP) is 7.02. The van der Waals surface area contributed by atoms with Gasteiger partial charge < -0.3 is 43.6 Å². The molecule has 13 nitrogen and oxygen atoms in total. The zero-order valence-electron chi connectivity index (χ0n) is 42.4. The first-order valence-electron chi connectivity index (χ1n) is 27.9. The molecule has 9 fully saturated rings. The Labute approximate surface area is 423 Å². The Hall–Kier alpha value is -3.85. The van der Waals surface area contributed by atoms with Crippen molar-refractivity contribution in [1.82, 2.24) is 10.2 Å². The highest BCUT2D eigenvalue weighted by atomic mass is 16.7. The second-order valence-electron chi connectivity index (χ2n) is 25.4. The number of aliphatic hydroxyl groups excluding tert-OH is 3. The topological polar surface area (TPSA) is 181 Å². The van der Waals surface area contributed by atoms with Gasteiger partial charge in [-0.1, -0.05) is 82.2 Å². The van der Waals surface area contributed by atoms with E-state index in [-0.39, 0.29) is 61.0 Å². The number of aliphatic hydroxyl groups is 3. The number of rotatable bonds is 10. The molecule has 388 valence electrons. The van der Waals surface area contributed by atoms with Crippen molar-refractivity contribution in [3.8, 4) is 0 Å². The van der Waals surface area contributed by atoms with Crippen molar-refractivity contribution in [2.45, 2.75) is 158 Å². The van der Waals surface area contributed by atoms with Gasteiger partial charge in [-0.25, -0.2) is 4.79 Å². The van der Waals surface area contributed by atoms with Gasteiger partial charge in [-0.05, 0) is 135 Å². The fourth-order valence-electron chi connectivity index (χ4n) is 19.2. The van der Waals surface area contributed by atoms with E-state index in [2.05, 4.69) is 79.7 Å². The van der Waals surface area contributed by atoms with Crippen LogP contribution in [-0.2, 0) is 46.2 Å². The maximum Gasteiger partial charge on any atom is 0.339 e. The molecule has 13 rings (SSSR count). The summed E-state index contributed by atoms with van der Waals surface area (Å²) in [6.07, 6.45) is 15.4. The number of epoxide rings is 1. The van der Waals surface area contributed by atoms with Crippen LogP contribution < -0.4 is 5.32 Å². The van der Waals surface area contributed by atoms with Crippen molar-refractivity contribution in [2.24, 2.45) is 75.4 Å². The Morgan fingerprint density at radius 1 is 0.972 bits per heavy atom. The first kappa shape index (κ1) is 47.8. The number of allylic oxidation sites excluding steroid dienone is 2. The number of furan rings is 1. The van der Waals surface area contributed by atoms with Gasteiger partial charge in [0.25, 0.3) is 0 Å². The molecular weight excluding hydrogens is 913 g/mol. The summed E-state index contributed by atoms with van der Waals surface area (Å²) in [6, 6.07) is 12.9. The summed E-state index contributed by atoms with van der Waals surface area (Å²) >= 11 is 0. The summed E-state index contributed by atoms with van der Waals surface area (Å²) in [5.74, 6) is -0.414. The van der Waals surface area contributed by atoms with E-state index < -0.39 is 75.8 Å². The first-order valence-corrected chi connectivity index (χ1v) is 27.9. The average molecular weight is 989 g/mol. The number of benzene rings is 1. The molecule has 1 aromatic carbocycles. The highest BCUT2D eigenvalue weighted by Crippen LogP contribution is 2.83. The minimum atomic E-state index is -1.49. The highest BCUT2D eigenvalue weighted by molar-refractivity contribution is 5.92. The lowest BCUT2D eigenvalue weighted by Crippen LogP contribution is -2.79. The molecule has 6 aliphatic heterocycles. The van der Waals surface area contributed by atoms with Crippen molar-refractivity contribution in [1.29, 1.82) is 0 Å². The average Bonchev–Trinajstić information content (AvgIpc) is 3.61. The number of Topliss-reactive ketones (excluding diaryl/α,β-unsaturated/α-hetero) is 1. The van der Waals surface area contributed by atoms with Gasteiger partial charge in [0, 0.05) is 40.8 Å². The van der Waals surface area contributed by atoms with E-state index >= 15 is 9.59 Å². The Balaban J connectivity index is 0.912. The monoisotopic (exact) mass is 989 g/mol. The standard InChI is InChI=1S/C59H76N2O11/c1-33(2)38-12-8-19-56(28-38)50-49(65)51(66)58(39-13-7-11-35(24-39)23-34-9-5-4-6-10-34)46(57(50)31-69-48(64)27-47(57)71-56)16-20-55(3)52(70-54(67)53-59(55,58)72-53)41-18-22-68-45(41)26-42(44(63)30-62)36-14-15-40-37(25-36)17-21-61-32-60-29-43(40)61/h4-6,8-10,12,17-18,21-22,33,35-40,42-44,46-47,50-53,60,62-63,66H,7,11,13-16,19-20,23-32H2,1-3H3. The number of ether oxygens (including phenoxy) is 4. The van der Waals surface area contributed by atoms with Gasteiger partial charge >= 0.3 is 11.9 Å². The molecule has 2 aromatic rings. The number of hydrogen-bond acceptors (Lipinski definition) is 13. The van der Waals surface area contributed by atoms with Crippen LogP contribution >= 0.6 is 0 Å². The summed E-state index contributed by atoms with van der Waals surface area (Å²) in [7, 11) is 0. The summed E-state index contributed by atoms with van der Waals surface area (Å²) in [4.78, 5) is 47.3. The summed E-state index contributed by atoms with van der Waals surface area (Å²) in [5.41, 5.74) is -3.45. The number of fused-ring (bicyclic) bond motifs is 5. The first-order chi connectivity index (χ1) is 34.8. The minimum absolute atomic E-state index is 0.0180. The number of nitrogens with one attached hydrogen (secondary N) is 1. The van der Waals surface area contributed by atoms with Gasteiger partial charge in [-0.2, -0.15) is 0 Å². The minimum Gasteiger partial charge on any atom is -0.469 e. The van der Waals surface area contributed by atoms with Crippen LogP contribution in [-0.4, -0.2) is 106 Å². The molecule has 20 atom stereocenters. The van der Waals surface area contributed by atoms with E-state index in [0.717, 1.165) is 64.6 Å². The largest absolute Gasteiger partial charge is 0.469 e. The number of ketones is 1. The molecule has 0 bridgehead atoms. The van der Waals surface area contributed by atoms with Crippen molar-refractivity contribution in [2.75, 3.05) is 26.4 Å². The molecule has 5 aliphatic carbocycles. The SMILES string of the molecule is CC(C)C1C=CCC2(C1)OC1CC(=O)OCC13C2C(=O)C(O)C1(C2CCCC(Cc4ccccc4)C2)C3CCC2(C)C(c3ccoc3CC(C(O)CO)C3CCC4C(C=CN5CNCC45)C3)OC(=O)C3OC321. The second-order valence-corrected chi connectivity index (χ2v) is 25.4. The number of carbonyl (C=O) groups is 3. The maximum atomic E-state index is 16.3. The van der Waals surface area contributed by atoms with Gasteiger partial charge in [0.1, 0.15) is 30.2 Å². The van der Waals surface area contributed by atoms with Gasteiger partial charge in [-0.3, -0.25) is 14.9 Å². The zero-order chi connectivity index (χ0) is 49.5. The van der Waals surface area contributed by atoms with Crippen LogP contribution in [0.2, 0.25) is 0 Å². The molecule has 20 unspecified atom stereocenters. The Morgan fingerprint density at radius 3 is 2.64 bits per heavy atom. The molecular formula is C59H76N2O11. The lowest BCUT2D eigenvalue weighted by atomic mass is 9.32. The quantitative estimate of drug-likeness (QED) is 0.109. The second kappa shape index (κ2) is 17.3. The van der Waals surface area contributed by atoms with Crippen LogP contribution in [0.25, 0.3) is 0 Å². The summed E-state index contributed by atoms with van der Waals surface area (Å²) in [5, 5.41) is 39.7. The van der Waals surface area contributed by atoms with Gasteiger partial charge in [0.15, 0.2) is 11.9 Å². The normalized spacial score (nSPS) is 46.5. The van der Waals surface area contributed by atoms with Crippen LogP contribution in [0.3, 0.4) is 0 Å². The number of esters is 2. The number of carbonyl (C=O) groups excluding carboxylic acids is 3. The molecule has 7 heterocycles. The summed E-state index contributed by atoms with van der Waals surface area (Å²) < 4.78 is 34.0. The van der Waals surface area contributed by atoms with Gasteiger partial charge in [-0.15, -0.1) is 0 Å². The predicted molar refractivity (Wildman–Crippen MR) is 263 cm³/mol. The van der Waals surface area contributed by atoms with Crippen molar-refractivity contribution in [3.05, 3.63) is 84.0 Å². The van der Waals surface area contributed by atoms with Crippen LogP contribution in [0.1, 0.15) is 121 Å². The van der Waals surface area contributed by atoms with Crippen LogP contribution in [0.4, 0.5) is 0 Å². The lowest BCUT2D eigenvalue weighted by Gasteiger charge is -2.70. The number of hydrogen-bond donors (Lipinski definition) is 4. The third-order valence-electron chi connectivity index (χ3n) is 22.2. The molecule has 1 aromatic heterocycles. The van der Waals surface area contributed by atoms with Crippen LogP contribution in [0.5, 0.6) is 0 Å². The molecule has 0 amide bonds. The van der Waals surface area contributed by atoms with Crippen LogP contribution in [0, 0.1) is 75.4 Å². The van der Waals surface area contributed by atoms with E-state index in [4.69, 9.17) is 23.4 Å². The molecule has 4 saturated carbocycles. The Morgan fingerprint density at radius 2 is 1.82 bits per heavy atom. The Bertz CT molecular complexity index is 2510. The fraction of sp³-hybridized carbons (Fsp3) is 0.712. The molecule has 13 heteroatoms. The highest BCUT2D eigenvalue weighted by Gasteiger charge is 2.93. The number of nitrogens with zero attached hydrogens (tertiary/aromatic N) is 1.